The molecule has 1 unspecified atom stereocenters. The van der Waals surface area contributed by atoms with Gasteiger partial charge in [-0.2, -0.15) is 0 Å². The van der Waals surface area contributed by atoms with Crippen molar-refractivity contribution in [3.8, 4) is 0 Å². The molecule has 98 valence electrons. The molecule has 0 radical (unpaired) electrons. The van der Waals surface area contributed by atoms with Crippen molar-refractivity contribution in [2.24, 2.45) is 0 Å². The van der Waals surface area contributed by atoms with Gasteiger partial charge in [0.15, 0.2) is 6.10 Å². The van der Waals surface area contributed by atoms with Crippen LogP contribution >= 0.6 is 0 Å². The molecule has 0 bridgehead atoms. The van der Waals surface area contributed by atoms with Crippen molar-refractivity contribution < 1.29 is 24.2 Å². The van der Waals surface area contributed by atoms with Gasteiger partial charge >= 0.3 is 11.9 Å². The number of aliphatic hydroxyl groups is 1. The number of benzene rings is 1. The molecule has 0 aromatic heterocycles. The van der Waals surface area contributed by atoms with Gasteiger partial charge in [0.25, 0.3) is 0 Å². The summed E-state index contributed by atoms with van der Waals surface area (Å²) in [5.41, 5.74) is 2.16. The first-order chi connectivity index (χ1) is 8.42. The summed E-state index contributed by atoms with van der Waals surface area (Å²) in [6.45, 7) is 3.55. The minimum atomic E-state index is -1.40. The highest BCUT2D eigenvalue weighted by molar-refractivity contribution is 5.90. The molecule has 5 nitrogen and oxygen atoms in total. The van der Waals surface area contributed by atoms with Crippen LogP contribution in [0.3, 0.4) is 0 Å². The molecule has 0 saturated carbocycles. The molecule has 0 aliphatic carbocycles. The third-order valence-electron chi connectivity index (χ3n) is 2.85. The topological polar surface area (TPSA) is 72.8 Å². The highest BCUT2D eigenvalue weighted by atomic mass is 16.5. The molecule has 0 spiro atoms. The van der Waals surface area contributed by atoms with Crippen molar-refractivity contribution in [3.05, 3.63) is 34.4 Å². The SMILES string of the molecule is COC(=O)c1cc(C)c(C)c(C(O)C(=O)OC)c1. The fourth-order valence-electron chi connectivity index (χ4n) is 1.64. The van der Waals surface area contributed by atoms with Gasteiger partial charge in [0.2, 0.25) is 0 Å². The third kappa shape index (κ3) is 2.68. The molecule has 0 aliphatic heterocycles. The van der Waals surface area contributed by atoms with Crippen molar-refractivity contribution in [1.29, 1.82) is 0 Å². The van der Waals surface area contributed by atoms with Crippen LogP contribution in [0.5, 0.6) is 0 Å². The molecule has 5 heteroatoms. The van der Waals surface area contributed by atoms with Crippen LogP contribution in [-0.4, -0.2) is 31.3 Å². The average molecular weight is 252 g/mol. The van der Waals surface area contributed by atoms with Crippen LogP contribution in [0.1, 0.15) is 33.2 Å². The number of esters is 2. The first kappa shape index (κ1) is 14.2. The van der Waals surface area contributed by atoms with E-state index in [-0.39, 0.29) is 0 Å². The van der Waals surface area contributed by atoms with Crippen molar-refractivity contribution >= 4 is 11.9 Å². The normalized spacial score (nSPS) is 11.8. The maximum absolute atomic E-state index is 11.5. The van der Waals surface area contributed by atoms with E-state index in [1.165, 1.54) is 20.3 Å². The lowest BCUT2D eigenvalue weighted by molar-refractivity contribution is -0.150. The van der Waals surface area contributed by atoms with Gasteiger partial charge in [-0.15, -0.1) is 0 Å². The lowest BCUT2D eigenvalue weighted by Gasteiger charge is -2.15. The first-order valence-electron chi connectivity index (χ1n) is 5.37. The number of aryl methyl sites for hydroxylation is 1. The van der Waals surface area contributed by atoms with Gasteiger partial charge in [-0.1, -0.05) is 0 Å². The molecular weight excluding hydrogens is 236 g/mol. The van der Waals surface area contributed by atoms with Gasteiger partial charge in [0, 0.05) is 0 Å². The zero-order valence-electron chi connectivity index (χ0n) is 10.8. The summed E-state index contributed by atoms with van der Waals surface area (Å²) in [6.07, 6.45) is -1.40. The van der Waals surface area contributed by atoms with E-state index in [4.69, 9.17) is 0 Å². The van der Waals surface area contributed by atoms with Crippen LogP contribution in [0.4, 0.5) is 0 Å². The van der Waals surface area contributed by atoms with Crippen LogP contribution in [0.15, 0.2) is 12.1 Å². The second kappa shape index (κ2) is 5.64. The predicted octanol–water partition coefficient (Wildman–Crippen LogP) is 1.30. The van der Waals surface area contributed by atoms with Gasteiger partial charge in [-0.3, -0.25) is 0 Å². The highest BCUT2D eigenvalue weighted by Gasteiger charge is 2.22. The van der Waals surface area contributed by atoms with E-state index in [1.807, 2.05) is 0 Å². The molecule has 0 fully saturated rings. The minimum Gasteiger partial charge on any atom is -0.467 e. The Morgan fingerprint density at radius 2 is 1.78 bits per heavy atom. The second-order valence-electron chi connectivity index (χ2n) is 3.92. The second-order valence-corrected chi connectivity index (χ2v) is 3.92. The van der Waals surface area contributed by atoms with Crippen LogP contribution in [0.25, 0.3) is 0 Å². The summed E-state index contributed by atoms with van der Waals surface area (Å²) >= 11 is 0. The van der Waals surface area contributed by atoms with E-state index in [0.29, 0.717) is 11.1 Å². The summed E-state index contributed by atoms with van der Waals surface area (Å²) in [5.74, 6) is -1.28. The molecule has 18 heavy (non-hydrogen) atoms. The molecular formula is C13H16O5. The summed E-state index contributed by atoms with van der Waals surface area (Å²) < 4.78 is 9.10. The quantitative estimate of drug-likeness (QED) is 0.821. The summed E-state index contributed by atoms with van der Waals surface area (Å²) in [5, 5.41) is 9.85. The zero-order chi connectivity index (χ0) is 13.9. The number of ether oxygens (including phenoxy) is 2. The first-order valence-corrected chi connectivity index (χ1v) is 5.37. The maximum Gasteiger partial charge on any atom is 0.339 e. The van der Waals surface area contributed by atoms with E-state index >= 15 is 0 Å². The van der Waals surface area contributed by atoms with Crippen molar-refractivity contribution in [2.75, 3.05) is 14.2 Å². The molecule has 0 heterocycles. The molecule has 1 atom stereocenters. The molecule has 0 amide bonds. The van der Waals surface area contributed by atoms with Crippen LogP contribution in [0.2, 0.25) is 0 Å². The molecule has 1 N–H and O–H groups in total. The van der Waals surface area contributed by atoms with Crippen LogP contribution < -0.4 is 0 Å². The summed E-state index contributed by atoms with van der Waals surface area (Å²) in [4.78, 5) is 22.8. The Balaban J connectivity index is 3.30. The predicted molar refractivity (Wildman–Crippen MR) is 64.2 cm³/mol. The highest BCUT2D eigenvalue weighted by Crippen LogP contribution is 2.24. The average Bonchev–Trinajstić information content (AvgIpc) is 2.38. The Bertz CT molecular complexity index is 479. The minimum absolute atomic E-state index is 0.290. The Morgan fingerprint density at radius 1 is 1.17 bits per heavy atom. The van der Waals surface area contributed by atoms with E-state index < -0.39 is 18.0 Å². The Morgan fingerprint density at radius 3 is 2.28 bits per heavy atom. The maximum atomic E-state index is 11.5. The van der Waals surface area contributed by atoms with Gasteiger partial charge in [-0.25, -0.2) is 9.59 Å². The fraction of sp³-hybridized carbons (Fsp3) is 0.385. The zero-order valence-corrected chi connectivity index (χ0v) is 10.8. The molecule has 1 aromatic carbocycles. The largest absolute Gasteiger partial charge is 0.467 e. The number of rotatable bonds is 3. The smallest absolute Gasteiger partial charge is 0.339 e. The lowest BCUT2D eigenvalue weighted by atomic mass is 9.96. The summed E-state index contributed by atoms with van der Waals surface area (Å²) in [7, 11) is 2.46. The number of aliphatic hydroxyl groups excluding tert-OH is 1. The molecule has 0 aliphatic rings. The number of methoxy groups -OCH3 is 2. The monoisotopic (exact) mass is 252 g/mol. The molecule has 1 rings (SSSR count). The van der Waals surface area contributed by atoms with E-state index in [1.54, 1.807) is 19.9 Å². The van der Waals surface area contributed by atoms with Crippen LogP contribution in [-0.2, 0) is 14.3 Å². The Labute approximate surface area is 105 Å². The standard InChI is InChI=1S/C13H16O5/c1-7-5-9(12(15)17-3)6-10(8(7)2)11(14)13(16)18-4/h5-6,11,14H,1-4H3. The summed E-state index contributed by atoms with van der Waals surface area (Å²) in [6, 6.07) is 3.09. The third-order valence-corrected chi connectivity index (χ3v) is 2.85. The number of hydrogen-bond donors (Lipinski definition) is 1. The molecule has 0 saturated heterocycles. The van der Waals surface area contributed by atoms with Gasteiger partial charge in [-0.05, 0) is 42.7 Å². The Hall–Kier alpha value is -1.88. The van der Waals surface area contributed by atoms with Crippen molar-refractivity contribution in [3.63, 3.8) is 0 Å². The number of hydrogen-bond acceptors (Lipinski definition) is 5. The van der Waals surface area contributed by atoms with Gasteiger partial charge in [0.1, 0.15) is 0 Å². The van der Waals surface area contributed by atoms with Gasteiger partial charge in [0.05, 0.1) is 19.8 Å². The van der Waals surface area contributed by atoms with Crippen molar-refractivity contribution in [2.45, 2.75) is 20.0 Å². The van der Waals surface area contributed by atoms with E-state index in [2.05, 4.69) is 9.47 Å². The molecule has 1 aromatic rings. The van der Waals surface area contributed by atoms with E-state index in [0.717, 1.165) is 11.1 Å². The lowest BCUT2D eigenvalue weighted by Crippen LogP contribution is -2.16. The van der Waals surface area contributed by atoms with Gasteiger partial charge < -0.3 is 14.6 Å². The number of carbonyl (C=O) groups excluding carboxylic acids is 2. The Kier molecular flexibility index (Phi) is 4.44. The van der Waals surface area contributed by atoms with Crippen molar-refractivity contribution in [1.82, 2.24) is 0 Å². The number of carbonyl (C=O) groups is 2. The van der Waals surface area contributed by atoms with E-state index in [9.17, 15) is 14.7 Å². The fourth-order valence-corrected chi connectivity index (χ4v) is 1.64. The van der Waals surface area contributed by atoms with Crippen LogP contribution in [0, 0.1) is 13.8 Å².